The van der Waals surface area contributed by atoms with E-state index < -0.39 is 9.84 Å². The molecule has 0 aliphatic heterocycles. The number of hydrogen-bond donors (Lipinski definition) is 1. The summed E-state index contributed by atoms with van der Waals surface area (Å²) in [7, 11) is -1.02. The van der Waals surface area contributed by atoms with Gasteiger partial charge in [0.05, 0.1) is 17.0 Å². The van der Waals surface area contributed by atoms with Gasteiger partial charge in [-0.1, -0.05) is 6.42 Å². The van der Waals surface area contributed by atoms with Gasteiger partial charge in [-0.2, -0.15) is 5.10 Å². The Morgan fingerprint density at radius 1 is 1.47 bits per heavy atom. The molecule has 6 heteroatoms. The summed E-state index contributed by atoms with van der Waals surface area (Å²) < 4.78 is 25.4. The molecule has 1 fully saturated rings. The second-order valence-electron chi connectivity index (χ2n) is 5.52. The maximum Gasteiger partial charge on any atom is 0.150 e. The molecule has 19 heavy (non-hydrogen) atoms. The number of nitrogens with zero attached hydrogens (tertiary/aromatic N) is 2. The van der Waals surface area contributed by atoms with E-state index in [1.54, 1.807) is 0 Å². The molecule has 5 nitrogen and oxygen atoms in total. The average molecular weight is 285 g/mol. The third kappa shape index (κ3) is 3.36. The van der Waals surface area contributed by atoms with Crippen molar-refractivity contribution in [3.63, 3.8) is 0 Å². The van der Waals surface area contributed by atoms with Gasteiger partial charge in [0.1, 0.15) is 9.84 Å². The van der Waals surface area contributed by atoms with E-state index >= 15 is 0 Å². The van der Waals surface area contributed by atoms with Crippen molar-refractivity contribution in [1.29, 1.82) is 0 Å². The molecule has 2 rings (SSSR count). The molecule has 1 N–H and O–H groups in total. The van der Waals surface area contributed by atoms with Gasteiger partial charge in [0.15, 0.2) is 0 Å². The highest BCUT2D eigenvalue weighted by atomic mass is 32.2. The summed E-state index contributed by atoms with van der Waals surface area (Å²) in [5, 5.41) is 7.47. The molecule has 2 unspecified atom stereocenters. The van der Waals surface area contributed by atoms with Gasteiger partial charge in [-0.05, 0) is 33.2 Å². The number of nitrogens with one attached hydrogen (secondary N) is 1. The molecule has 0 radical (unpaired) electrons. The van der Waals surface area contributed by atoms with E-state index in [4.69, 9.17) is 0 Å². The molecular weight excluding hydrogens is 262 g/mol. The van der Waals surface area contributed by atoms with E-state index in [1.807, 2.05) is 18.7 Å². The first-order chi connectivity index (χ1) is 8.91. The Morgan fingerprint density at radius 3 is 2.84 bits per heavy atom. The molecule has 0 spiro atoms. The maximum atomic E-state index is 11.7. The third-order valence-corrected chi connectivity index (χ3v) is 5.60. The quantitative estimate of drug-likeness (QED) is 0.909. The summed E-state index contributed by atoms with van der Waals surface area (Å²) in [5.41, 5.74) is 2.21. The summed E-state index contributed by atoms with van der Waals surface area (Å²) in [6.45, 7) is 2.80. The molecule has 0 amide bonds. The summed E-state index contributed by atoms with van der Waals surface area (Å²) >= 11 is 0. The van der Waals surface area contributed by atoms with Gasteiger partial charge in [0.25, 0.3) is 0 Å². The van der Waals surface area contributed by atoms with Gasteiger partial charge in [0, 0.05) is 24.6 Å². The molecule has 1 heterocycles. The van der Waals surface area contributed by atoms with Crippen LogP contribution in [0.25, 0.3) is 0 Å². The first kappa shape index (κ1) is 14.5. The lowest BCUT2D eigenvalue weighted by Gasteiger charge is -2.28. The van der Waals surface area contributed by atoms with Crippen LogP contribution in [0.15, 0.2) is 6.20 Å². The van der Waals surface area contributed by atoms with Crippen molar-refractivity contribution in [2.75, 3.05) is 13.3 Å². The maximum absolute atomic E-state index is 11.7. The predicted octanol–water partition coefficient (Wildman–Crippen LogP) is 1.44. The van der Waals surface area contributed by atoms with Crippen molar-refractivity contribution in [2.45, 2.75) is 50.4 Å². The summed E-state index contributed by atoms with van der Waals surface area (Å²) in [4.78, 5) is 0. The van der Waals surface area contributed by atoms with Gasteiger partial charge < -0.3 is 5.32 Å². The Kier molecular flexibility index (Phi) is 4.30. The van der Waals surface area contributed by atoms with Crippen LogP contribution in [0.5, 0.6) is 0 Å². The summed E-state index contributed by atoms with van der Waals surface area (Å²) in [5.74, 6) is 0. The van der Waals surface area contributed by atoms with Crippen LogP contribution in [-0.4, -0.2) is 36.8 Å². The van der Waals surface area contributed by atoms with E-state index in [0.29, 0.717) is 6.42 Å². The van der Waals surface area contributed by atoms with Gasteiger partial charge in [-0.3, -0.25) is 4.68 Å². The normalized spacial score (nSPS) is 24.6. The van der Waals surface area contributed by atoms with E-state index in [2.05, 4.69) is 16.6 Å². The van der Waals surface area contributed by atoms with Crippen LogP contribution in [0.4, 0.5) is 0 Å². The number of sulfone groups is 1. The van der Waals surface area contributed by atoms with Crippen LogP contribution in [0.3, 0.4) is 0 Å². The van der Waals surface area contributed by atoms with E-state index in [0.717, 1.165) is 31.5 Å². The second kappa shape index (κ2) is 5.63. The second-order valence-corrected chi connectivity index (χ2v) is 7.85. The number of rotatable bonds is 4. The SMILES string of the molecule is CNCc1cn(C2CCCC(S(C)(=O)=O)C2)nc1C. The monoisotopic (exact) mass is 285 g/mol. The minimum atomic E-state index is -2.93. The lowest BCUT2D eigenvalue weighted by molar-refractivity contribution is 0.328. The molecule has 1 aliphatic rings. The van der Waals surface area contributed by atoms with Crippen molar-refractivity contribution in [2.24, 2.45) is 0 Å². The van der Waals surface area contributed by atoms with Crippen molar-refractivity contribution in [3.05, 3.63) is 17.5 Å². The van der Waals surface area contributed by atoms with Crippen LogP contribution in [0, 0.1) is 6.92 Å². The van der Waals surface area contributed by atoms with Crippen LogP contribution >= 0.6 is 0 Å². The molecular formula is C13H23N3O2S. The lowest BCUT2D eigenvalue weighted by Crippen LogP contribution is -2.29. The van der Waals surface area contributed by atoms with Crippen molar-refractivity contribution < 1.29 is 8.42 Å². The van der Waals surface area contributed by atoms with E-state index in [-0.39, 0.29) is 11.3 Å². The average Bonchev–Trinajstić information content (AvgIpc) is 2.71. The summed E-state index contributed by atoms with van der Waals surface area (Å²) in [6, 6.07) is 0.220. The highest BCUT2D eigenvalue weighted by Gasteiger charge is 2.30. The fourth-order valence-electron chi connectivity index (χ4n) is 2.82. The fraction of sp³-hybridized carbons (Fsp3) is 0.769. The fourth-order valence-corrected chi connectivity index (χ4v) is 3.99. The Morgan fingerprint density at radius 2 is 2.21 bits per heavy atom. The molecule has 0 bridgehead atoms. The molecule has 0 saturated heterocycles. The van der Waals surface area contributed by atoms with E-state index in [9.17, 15) is 8.42 Å². The van der Waals surface area contributed by atoms with Crippen LogP contribution in [0.1, 0.15) is 43.0 Å². The zero-order valence-corrected chi connectivity index (χ0v) is 12.7. The minimum Gasteiger partial charge on any atom is -0.316 e. The zero-order chi connectivity index (χ0) is 14.0. The first-order valence-electron chi connectivity index (χ1n) is 6.80. The van der Waals surface area contributed by atoms with Gasteiger partial charge in [-0.15, -0.1) is 0 Å². The molecule has 1 aliphatic carbocycles. The minimum absolute atomic E-state index is 0.205. The lowest BCUT2D eigenvalue weighted by atomic mass is 9.95. The third-order valence-electron chi connectivity index (χ3n) is 3.96. The smallest absolute Gasteiger partial charge is 0.150 e. The summed E-state index contributed by atoms with van der Waals surface area (Å²) in [6.07, 6.45) is 6.87. The Hall–Kier alpha value is -0.880. The predicted molar refractivity (Wildman–Crippen MR) is 75.9 cm³/mol. The molecule has 108 valence electrons. The molecule has 1 saturated carbocycles. The Labute approximate surface area is 115 Å². The van der Waals surface area contributed by atoms with Crippen LogP contribution in [-0.2, 0) is 16.4 Å². The molecule has 1 aromatic heterocycles. The molecule has 0 aromatic carbocycles. The number of hydrogen-bond acceptors (Lipinski definition) is 4. The Balaban J connectivity index is 2.15. The molecule has 2 atom stereocenters. The Bertz CT molecular complexity index is 536. The highest BCUT2D eigenvalue weighted by molar-refractivity contribution is 7.91. The van der Waals surface area contributed by atoms with E-state index in [1.165, 1.54) is 11.8 Å². The van der Waals surface area contributed by atoms with Crippen LogP contribution < -0.4 is 5.32 Å². The standard InChI is InChI=1S/C13H23N3O2S/c1-10-11(8-14-2)9-16(15-10)12-5-4-6-13(7-12)19(3,17)18/h9,12-14H,4-8H2,1-3H3. The topological polar surface area (TPSA) is 64.0 Å². The largest absolute Gasteiger partial charge is 0.316 e. The van der Waals surface area contributed by atoms with Crippen molar-refractivity contribution in [1.82, 2.24) is 15.1 Å². The first-order valence-corrected chi connectivity index (χ1v) is 8.75. The molecule has 1 aromatic rings. The van der Waals surface area contributed by atoms with Gasteiger partial charge in [-0.25, -0.2) is 8.42 Å². The highest BCUT2D eigenvalue weighted by Crippen LogP contribution is 2.32. The van der Waals surface area contributed by atoms with Gasteiger partial charge in [0.2, 0.25) is 0 Å². The number of aromatic nitrogens is 2. The zero-order valence-electron chi connectivity index (χ0n) is 11.9. The van der Waals surface area contributed by atoms with Gasteiger partial charge >= 0.3 is 0 Å². The van der Waals surface area contributed by atoms with Crippen molar-refractivity contribution >= 4 is 9.84 Å². The van der Waals surface area contributed by atoms with Crippen molar-refractivity contribution in [3.8, 4) is 0 Å². The number of aryl methyl sites for hydroxylation is 1. The van der Waals surface area contributed by atoms with Crippen LogP contribution in [0.2, 0.25) is 0 Å².